The van der Waals surface area contributed by atoms with Crippen molar-refractivity contribution in [3.8, 4) is 23.0 Å². The fourth-order valence-electron chi connectivity index (χ4n) is 2.78. The molecule has 0 aliphatic heterocycles. The molecule has 0 heterocycles. The Balaban J connectivity index is 1.82. The SMILES string of the molecule is COc1ccc(/C=C\c2cc(OC)c(OCc3ccccc3)c(OC)c2)cc1. The minimum absolute atomic E-state index is 0.439. The third-order valence-electron chi connectivity index (χ3n) is 4.29. The van der Waals surface area contributed by atoms with E-state index in [1.807, 2.05) is 78.9 Å². The van der Waals surface area contributed by atoms with Crippen molar-refractivity contribution in [2.75, 3.05) is 21.3 Å². The summed E-state index contributed by atoms with van der Waals surface area (Å²) < 4.78 is 22.3. The topological polar surface area (TPSA) is 36.9 Å². The molecular formula is C24H24O4. The standard InChI is InChI=1S/C24H24O4/c1-25-21-13-11-18(12-14-21)9-10-20-15-22(26-2)24(23(16-20)27-3)28-17-19-7-5-4-6-8-19/h4-16H,17H2,1-3H3/b10-9-. The van der Waals surface area contributed by atoms with Gasteiger partial charge < -0.3 is 18.9 Å². The molecule has 28 heavy (non-hydrogen) atoms. The van der Waals surface area contributed by atoms with Crippen molar-refractivity contribution in [1.29, 1.82) is 0 Å². The molecule has 4 nitrogen and oxygen atoms in total. The highest BCUT2D eigenvalue weighted by Gasteiger charge is 2.13. The largest absolute Gasteiger partial charge is 0.497 e. The van der Waals surface area contributed by atoms with Crippen molar-refractivity contribution in [2.24, 2.45) is 0 Å². The van der Waals surface area contributed by atoms with Crippen LogP contribution in [0.3, 0.4) is 0 Å². The van der Waals surface area contributed by atoms with E-state index in [0.717, 1.165) is 22.4 Å². The van der Waals surface area contributed by atoms with Crippen LogP contribution in [0.2, 0.25) is 0 Å². The summed E-state index contributed by atoms with van der Waals surface area (Å²) in [5.41, 5.74) is 3.11. The second-order valence-corrected chi connectivity index (χ2v) is 6.14. The molecule has 0 radical (unpaired) electrons. The summed E-state index contributed by atoms with van der Waals surface area (Å²) in [6, 6.07) is 21.7. The van der Waals surface area contributed by atoms with Crippen molar-refractivity contribution < 1.29 is 18.9 Å². The zero-order valence-corrected chi connectivity index (χ0v) is 16.3. The van der Waals surface area contributed by atoms with Crippen LogP contribution in [0.25, 0.3) is 12.2 Å². The minimum Gasteiger partial charge on any atom is -0.497 e. The summed E-state index contributed by atoms with van der Waals surface area (Å²) in [6.07, 6.45) is 4.03. The van der Waals surface area contributed by atoms with E-state index in [-0.39, 0.29) is 0 Å². The van der Waals surface area contributed by atoms with Gasteiger partial charge in [-0.05, 0) is 41.0 Å². The molecule has 3 aromatic carbocycles. The van der Waals surface area contributed by atoms with E-state index in [9.17, 15) is 0 Å². The Kier molecular flexibility index (Phi) is 6.58. The summed E-state index contributed by atoms with van der Waals surface area (Å²) in [6.45, 7) is 0.439. The van der Waals surface area contributed by atoms with E-state index >= 15 is 0 Å². The van der Waals surface area contributed by atoms with Crippen LogP contribution in [-0.2, 0) is 6.61 Å². The van der Waals surface area contributed by atoms with Gasteiger partial charge in [0, 0.05) is 0 Å². The highest BCUT2D eigenvalue weighted by Crippen LogP contribution is 2.39. The maximum Gasteiger partial charge on any atom is 0.203 e. The third kappa shape index (κ3) is 4.86. The van der Waals surface area contributed by atoms with E-state index in [2.05, 4.69) is 0 Å². The van der Waals surface area contributed by atoms with Crippen LogP contribution >= 0.6 is 0 Å². The van der Waals surface area contributed by atoms with E-state index in [0.29, 0.717) is 23.9 Å². The molecule has 3 aromatic rings. The van der Waals surface area contributed by atoms with Gasteiger partial charge in [0.1, 0.15) is 12.4 Å². The lowest BCUT2D eigenvalue weighted by Crippen LogP contribution is -2.00. The van der Waals surface area contributed by atoms with Crippen molar-refractivity contribution in [3.63, 3.8) is 0 Å². The molecule has 0 spiro atoms. The molecule has 0 saturated carbocycles. The third-order valence-corrected chi connectivity index (χ3v) is 4.29. The Morgan fingerprint density at radius 3 is 1.86 bits per heavy atom. The molecule has 0 unspecified atom stereocenters. The first kappa shape index (κ1) is 19.4. The van der Waals surface area contributed by atoms with Crippen LogP contribution in [-0.4, -0.2) is 21.3 Å². The summed E-state index contributed by atoms with van der Waals surface area (Å²) in [5.74, 6) is 2.69. The van der Waals surface area contributed by atoms with E-state index in [4.69, 9.17) is 18.9 Å². The van der Waals surface area contributed by atoms with E-state index in [1.54, 1.807) is 21.3 Å². The Morgan fingerprint density at radius 2 is 1.29 bits per heavy atom. The fourth-order valence-corrected chi connectivity index (χ4v) is 2.78. The summed E-state index contributed by atoms with van der Waals surface area (Å²) in [5, 5.41) is 0. The maximum absolute atomic E-state index is 5.99. The zero-order valence-electron chi connectivity index (χ0n) is 16.3. The van der Waals surface area contributed by atoms with Gasteiger partial charge in [-0.3, -0.25) is 0 Å². The number of methoxy groups -OCH3 is 3. The van der Waals surface area contributed by atoms with Gasteiger partial charge in [-0.2, -0.15) is 0 Å². The van der Waals surface area contributed by atoms with Gasteiger partial charge in [0.25, 0.3) is 0 Å². The molecular weight excluding hydrogens is 352 g/mol. The van der Waals surface area contributed by atoms with Gasteiger partial charge in [-0.1, -0.05) is 54.6 Å². The summed E-state index contributed by atoms with van der Waals surface area (Å²) >= 11 is 0. The lowest BCUT2D eigenvalue weighted by atomic mass is 10.1. The first-order chi connectivity index (χ1) is 13.7. The molecule has 0 aliphatic rings. The van der Waals surface area contributed by atoms with Crippen LogP contribution in [0.4, 0.5) is 0 Å². The Hall–Kier alpha value is -3.40. The summed E-state index contributed by atoms with van der Waals surface area (Å²) in [4.78, 5) is 0. The van der Waals surface area contributed by atoms with Crippen molar-refractivity contribution in [3.05, 3.63) is 83.4 Å². The number of hydrogen-bond donors (Lipinski definition) is 0. The first-order valence-electron chi connectivity index (χ1n) is 8.98. The Morgan fingerprint density at radius 1 is 0.679 bits per heavy atom. The normalized spacial score (nSPS) is 10.7. The highest BCUT2D eigenvalue weighted by atomic mass is 16.5. The maximum atomic E-state index is 5.99. The van der Waals surface area contributed by atoms with Gasteiger partial charge in [0.2, 0.25) is 5.75 Å². The van der Waals surface area contributed by atoms with E-state index < -0.39 is 0 Å². The number of hydrogen-bond acceptors (Lipinski definition) is 4. The van der Waals surface area contributed by atoms with Crippen LogP contribution in [0.1, 0.15) is 16.7 Å². The number of rotatable bonds is 8. The molecule has 4 heteroatoms. The number of benzene rings is 3. The quantitative estimate of drug-likeness (QED) is 0.489. The summed E-state index contributed by atoms with van der Waals surface area (Å²) in [7, 11) is 4.91. The Labute approximate surface area is 165 Å². The van der Waals surface area contributed by atoms with Crippen molar-refractivity contribution in [1.82, 2.24) is 0 Å². The molecule has 0 atom stereocenters. The fraction of sp³-hybridized carbons (Fsp3) is 0.167. The first-order valence-corrected chi connectivity index (χ1v) is 8.98. The van der Waals surface area contributed by atoms with Gasteiger partial charge in [-0.15, -0.1) is 0 Å². The second kappa shape index (κ2) is 9.51. The van der Waals surface area contributed by atoms with Crippen LogP contribution < -0.4 is 18.9 Å². The van der Waals surface area contributed by atoms with Crippen molar-refractivity contribution in [2.45, 2.75) is 6.61 Å². The molecule has 0 bridgehead atoms. The van der Waals surface area contributed by atoms with Crippen molar-refractivity contribution >= 4 is 12.2 Å². The molecule has 0 N–H and O–H groups in total. The van der Waals surface area contributed by atoms with Gasteiger partial charge in [0.15, 0.2) is 11.5 Å². The molecule has 0 aromatic heterocycles. The molecule has 0 fully saturated rings. The predicted molar refractivity (Wildman–Crippen MR) is 112 cm³/mol. The van der Waals surface area contributed by atoms with Gasteiger partial charge in [-0.25, -0.2) is 0 Å². The molecule has 0 amide bonds. The van der Waals surface area contributed by atoms with Gasteiger partial charge >= 0.3 is 0 Å². The van der Waals surface area contributed by atoms with Gasteiger partial charge in [0.05, 0.1) is 21.3 Å². The smallest absolute Gasteiger partial charge is 0.203 e. The Bertz CT molecular complexity index is 890. The highest BCUT2D eigenvalue weighted by molar-refractivity contribution is 5.73. The van der Waals surface area contributed by atoms with Crippen LogP contribution in [0.15, 0.2) is 66.7 Å². The molecule has 144 valence electrons. The second-order valence-electron chi connectivity index (χ2n) is 6.14. The lowest BCUT2D eigenvalue weighted by Gasteiger charge is -2.15. The zero-order chi connectivity index (χ0) is 19.8. The number of ether oxygens (including phenoxy) is 4. The molecule has 0 aliphatic carbocycles. The molecule has 0 saturated heterocycles. The average molecular weight is 376 g/mol. The predicted octanol–water partition coefficient (Wildman–Crippen LogP) is 5.46. The minimum atomic E-state index is 0.439. The van der Waals surface area contributed by atoms with Crippen LogP contribution in [0.5, 0.6) is 23.0 Å². The lowest BCUT2D eigenvalue weighted by molar-refractivity contribution is 0.266. The van der Waals surface area contributed by atoms with Crippen LogP contribution in [0, 0.1) is 0 Å². The average Bonchev–Trinajstić information content (AvgIpc) is 2.77. The van der Waals surface area contributed by atoms with E-state index in [1.165, 1.54) is 0 Å². The molecule has 3 rings (SSSR count). The monoisotopic (exact) mass is 376 g/mol.